The minimum atomic E-state index is 0.154. The van der Waals surface area contributed by atoms with Crippen LogP contribution in [0.25, 0.3) is 10.9 Å². The Hall–Kier alpha value is -2.20. The number of benzene rings is 1. The lowest BCUT2D eigenvalue weighted by atomic mass is 10.0. The Labute approximate surface area is 160 Å². The van der Waals surface area contributed by atoms with Gasteiger partial charge in [0.25, 0.3) is 0 Å². The van der Waals surface area contributed by atoms with Gasteiger partial charge < -0.3 is 15.4 Å². The van der Waals surface area contributed by atoms with Gasteiger partial charge in [-0.2, -0.15) is 5.26 Å². The molecule has 1 aromatic heterocycles. The van der Waals surface area contributed by atoms with Crippen molar-refractivity contribution < 1.29 is 4.74 Å². The summed E-state index contributed by atoms with van der Waals surface area (Å²) in [6.45, 7) is 6.79. The second-order valence-corrected chi connectivity index (χ2v) is 7.78. The highest BCUT2D eigenvalue weighted by atomic mass is 16.5. The number of nitriles is 1. The summed E-state index contributed by atoms with van der Waals surface area (Å²) in [5.41, 5.74) is 8.66. The lowest BCUT2D eigenvalue weighted by Crippen LogP contribution is -2.53. The van der Waals surface area contributed by atoms with Gasteiger partial charge in [-0.25, -0.2) is 0 Å². The molecule has 3 atom stereocenters. The number of morpholine rings is 1. The zero-order chi connectivity index (χ0) is 18.8. The number of pyridine rings is 1. The molecular formula is C21H27N5O. The molecule has 1 aromatic carbocycles. The summed E-state index contributed by atoms with van der Waals surface area (Å²) < 4.78 is 6.24. The Balaban J connectivity index is 1.57. The highest BCUT2D eigenvalue weighted by Gasteiger charge is 2.29. The fourth-order valence-electron chi connectivity index (χ4n) is 4.41. The van der Waals surface area contributed by atoms with Crippen LogP contribution in [0.15, 0.2) is 30.5 Å². The fourth-order valence-corrected chi connectivity index (χ4v) is 4.41. The molecule has 2 aromatic rings. The molecule has 6 nitrogen and oxygen atoms in total. The molecule has 0 saturated carbocycles. The van der Waals surface area contributed by atoms with E-state index in [2.05, 4.69) is 39.9 Å². The van der Waals surface area contributed by atoms with E-state index < -0.39 is 0 Å². The average molecular weight is 365 g/mol. The van der Waals surface area contributed by atoms with Crippen molar-refractivity contribution in [2.75, 3.05) is 37.6 Å². The predicted octanol–water partition coefficient (Wildman–Crippen LogP) is 2.12. The molecule has 0 spiro atoms. The molecule has 6 heteroatoms. The number of hydrogen-bond acceptors (Lipinski definition) is 6. The maximum atomic E-state index is 9.39. The fraction of sp³-hybridized carbons (Fsp3) is 0.524. The van der Waals surface area contributed by atoms with Gasteiger partial charge in [0.05, 0.1) is 23.3 Å². The number of ether oxygens (including phenoxy) is 1. The van der Waals surface area contributed by atoms with E-state index >= 15 is 0 Å². The molecule has 3 heterocycles. The van der Waals surface area contributed by atoms with E-state index in [1.165, 1.54) is 6.42 Å². The van der Waals surface area contributed by atoms with Gasteiger partial charge in [0.2, 0.25) is 0 Å². The normalized spacial score (nSPS) is 26.9. The number of fused-ring (bicyclic) bond motifs is 1. The first kappa shape index (κ1) is 18.2. The van der Waals surface area contributed by atoms with Gasteiger partial charge >= 0.3 is 0 Å². The minimum Gasteiger partial charge on any atom is -0.370 e. The Morgan fingerprint density at radius 3 is 3.00 bits per heavy atom. The van der Waals surface area contributed by atoms with Gasteiger partial charge in [-0.1, -0.05) is 0 Å². The monoisotopic (exact) mass is 365 g/mol. The second kappa shape index (κ2) is 7.81. The van der Waals surface area contributed by atoms with Gasteiger partial charge in [0.15, 0.2) is 0 Å². The van der Waals surface area contributed by atoms with Crippen LogP contribution in [-0.2, 0) is 4.74 Å². The molecule has 0 amide bonds. The molecule has 0 bridgehead atoms. The molecule has 2 fully saturated rings. The minimum absolute atomic E-state index is 0.154. The van der Waals surface area contributed by atoms with E-state index in [0.29, 0.717) is 5.56 Å². The molecule has 4 rings (SSSR count). The topological polar surface area (TPSA) is 78.4 Å². The van der Waals surface area contributed by atoms with Crippen LogP contribution in [0, 0.1) is 11.3 Å². The van der Waals surface area contributed by atoms with Gasteiger partial charge in [0.1, 0.15) is 6.07 Å². The standard InChI is InChI=1S/C21H27N5O/c1-15-11-26(14-18(27-15)13-25-9-3-4-17(23)12-25)20-7-6-16(10-22)21-19(20)5-2-8-24-21/h2,5-8,15,17-18H,3-4,9,11-14,23H2,1H3/t15-,17?,18+/m1/s1. The van der Waals surface area contributed by atoms with Crippen LogP contribution in [0.4, 0.5) is 5.69 Å². The van der Waals surface area contributed by atoms with Crippen LogP contribution in [0.5, 0.6) is 0 Å². The van der Waals surface area contributed by atoms with Crippen LogP contribution >= 0.6 is 0 Å². The van der Waals surface area contributed by atoms with Crippen LogP contribution in [0.3, 0.4) is 0 Å². The Kier molecular flexibility index (Phi) is 5.26. The Morgan fingerprint density at radius 2 is 2.19 bits per heavy atom. The van der Waals surface area contributed by atoms with Crippen LogP contribution < -0.4 is 10.6 Å². The number of anilines is 1. The number of rotatable bonds is 3. The van der Waals surface area contributed by atoms with E-state index in [1.54, 1.807) is 6.20 Å². The molecule has 2 aliphatic heterocycles. The number of likely N-dealkylation sites (tertiary alicyclic amines) is 1. The predicted molar refractivity (Wildman–Crippen MR) is 107 cm³/mol. The summed E-state index contributed by atoms with van der Waals surface area (Å²) in [7, 11) is 0. The molecule has 1 unspecified atom stereocenters. The third-order valence-corrected chi connectivity index (χ3v) is 5.54. The number of nitrogens with zero attached hydrogens (tertiary/aromatic N) is 4. The van der Waals surface area contributed by atoms with E-state index in [-0.39, 0.29) is 18.2 Å². The van der Waals surface area contributed by atoms with Crippen molar-refractivity contribution in [3.63, 3.8) is 0 Å². The lowest BCUT2D eigenvalue weighted by Gasteiger charge is -2.41. The molecule has 27 heavy (non-hydrogen) atoms. The largest absolute Gasteiger partial charge is 0.370 e. The zero-order valence-corrected chi connectivity index (χ0v) is 15.8. The first-order valence-electron chi connectivity index (χ1n) is 9.80. The van der Waals surface area contributed by atoms with Gasteiger partial charge in [-0.05, 0) is 50.6 Å². The summed E-state index contributed by atoms with van der Waals surface area (Å²) in [5, 5.41) is 10.4. The third kappa shape index (κ3) is 3.91. The van der Waals surface area contributed by atoms with E-state index in [9.17, 15) is 5.26 Å². The molecule has 0 radical (unpaired) electrons. The summed E-state index contributed by atoms with van der Waals surface area (Å²) in [6.07, 6.45) is 4.34. The number of hydrogen-bond donors (Lipinski definition) is 1. The van der Waals surface area contributed by atoms with Crippen molar-refractivity contribution in [3.8, 4) is 6.07 Å². The van der Waals surface area contributed by atoms with Gasteiger partial charge in [-0.15, -0.1) is 0 Å². The summed E-state index contributed by atoms with van der Waals surface area (Å²) in [4.78, 5) is 9.27. The number of piperidine rings is 1. The first-order valence-corrected chi connectivity index (χ1v) is 9.80. The maximum absolute atomic E-state index is 9.39. The lowest BCUT2D eigenvalue weighted by molar-refractivity contribution is -0.0351. The van der Waals surface area contributed by atoms with Crippen LogP contribution in [0.1, 0.15) is 25.3 Å². The van der Waals surface area contributed by atoms with Crippen molar-refractivity contribution in [2.45, 2.75) is 38.0 Å². The van der Waals surface area contributed by atoms with Crippen molar-refractivity contribution >= 4 is 16.6 Å². The SMILES string of the molecule is C[C@@H]1CN(c2ccc(C#N)c3ncccc23)C[C@H](CN2CCCC(N)C2)O1. The zero-order valence-electron chi connectivity index (χ0n) is 15.8. The molecule has 142 valence electrons. The smallest absolute Gasteiger partial charge is 0.101 e. The molecule has 2 aliphatic rings. The molecule has 2 N–H and O–H groups in total. The first-order chi connectivity index (χ1) is 13.1. The quantitative estimate of drug-likeness (QED) is 0.898. The van der Waals surface area contributed by atoms with Gasteiger partial charge in [-0.3, -0.25) is 9.88 Å². The second-order valence-electron chi connectivity index (χ2n) is 7.78. The average Bonchev–Trinajstić information content (AvgIpc) is 2.66. The number of aromatic nitrogens is 1. The number of nitrogens with two attached hydrogens (primary N) is 1. The summed E-state index contributed by atoms with van der Waals surface area (Å²) in [6, 6.07) is 10.4. The Morgan fingerprint density at radius 1 is 1.30 bits per heavy atom. The van der Waals surface area contributed by atoms with E-state index in [1.807, 2.05) is 12.1 Å². The molecule has 2 saturated heterocycles. The van der Waals surface area contributed by atoms with Crippen molar-refractivity contribution in [1.82, 2.24) is 9.88 Å². The van der Waals surface area contributed by atoms with E-state index in [4.69, 9.17) is 10.5 Å². The highest BCUT2D eigenvalue weighted by molar-refractivity contribution is 5.95. The van der Waals surface area contributed by atoms with Crippen molar-refractivity contribution in [2.24, 2.45) is 5.73 Å². The van der Waals surface area contributed by atoms with Crippen molar-refractivity contribution in [1.29, 1.82) is 5.26 Å². The maximum Gasteiger partial charge on any atom is 0.101 e. The van der Waals surface area contributed by atoms with Crippen LogP contribution in [0.2, 0.25) is 0 Å². The molecule has 0 aliphatic carbocycles. The van der Waals surface area contributed by atoms with Crippen LogP contribution in [-0.4, -0.2) is 60.9 Å². The summed E-state index contributed by atoms with van der Waals surface area (Å²) >= 11 is 0. The third-order valence-electron chi connectivity index (χ3n) is 5.54. The highest BCUT2D eigenvalue weighted by Crippen LogP contribution is 2.30. The van der Waals surface area contributed by atoms with Gasteiger partial charge in [0, 0.05) is 49.5 Å². The molecular weight excluding hydrogens is 338 g/mol. The van der Waals surface area contributed by atoms with E-state index in [0.717, 1.165) is 55.7 Å². The Bertz CT molecular complexity index is 848. The van der Waals surface area contributed by atoms with Crippen molar-refractivity contribution in [3.05, 3.63) is 36.0 Å². The summed E-state index contributed by atoms with van der Waals surface area (Å²) in [5.74, 6) is 0.